The van der Waals surface area contributed by atoms with Crippen molar-refractivity contribution in [3.05, 3.63) is 507 Å². The van der Waals surface area contributed by atoms with Gasteiger partial charge < -0.3 is 42.5 Å². The summed E-state index contributed by atoms with van der Waals surface area (Å²) in [5, 5.41) is 29.5. The zero-order valence-corrected chi connectivity index (χ0v) is 96.2. The Bertz CT molecular complexity index is 6330. The maximum absolute atomic E-state index is 11.2. The number of allylic oxidation sites excluding steroid dienone is 2. The van der Waals surface area contributed by atoms with Crippen molar-refractivity contribution in [1.29, 1.82) is 0 Å². The van der Waals surface area contributed by atoms with Crippen LogP contribution in [-0.2, 0) is 182 Å². The van der Waals surface area contributed by atoms with Gasteiger partial charge in [-0.1, -0.05) is 55.0 Å². The number of carbonyl (C=O) groups excluding carboxylic acids is 1. The second-order valence-electron chi connectivity index (χ2n) is 29.9. The monoisotopic (exact) mass is 3030 g/mol. The summed E-state index contributed by atoms with van der Waals surface area (Å²) in [6, 6.07) is 119. The van der Waals surface area contributed by atoms with E-state index in [1.807, 2.05) is 404 Å². The molecule has 23 rings (SSSR count). The van der Waals surface area contributed by atoms with Gasteiger partial charge in [-0.15, -0.1) is 261 Å². The molecule has 13 aromatic heterocycles. The summed E-state index contributed by atoms with van der Waals surface area (Å²) in [7, 11) is 15.7. The smallest absolute Gasteiger partial charge is 0.163 e. The van der Waals surface area contributed by atoms with E-state index in [9.17, 15) is 9.90 Å². The van der Waals surface area contributed by atoms with Crippen LogP contribution in [0.15, 0.2) is 434 Å². The van der Waals surface area contributed by atoms with E-state index in [1.54, 1.807) is 129 Å². The van der Waals surface area contributed by atoms with Crippen molar-refractivity contribution in [2.24, 2.45) is 56.4 Å². The summed E-state index contributed by atoms with van der Waals surface area (Å²) in [5.41, 5.74) is 11.9. The minimum atomic E-state index is -0.119. The first-order valence-electron chi connectivity index (χ1n) is 44.2. The van der Waals surface area contributed by atoms with Crippen molar-refractivity contribution in [2.45, 2.75) is 13.8 Å². The third-order valence-corrected chi connectivity index (χ3v) is 19.7. The van der Waals surface area contributed by atoms with Crippen LogP contribution in [0, 0.1) is 66.7 Å². The Morgan fingerprint density at radius 2 is 0.574 bits per heavy atom. The van der Waals surface area contributed by atoms with E-state index in [0.717, 1.165) is 102 Å². The van der Waals surface area contributed by atoms with Crippen molar-refractivity contribution >= 4 is 11.4 Å². The summed E-state index contributed by atoms with van der Waals surface area (Å²) < 4.78 is 20.7. The molecule has 0 spiro atoms. The molecule has 10 aromatic carbocycles. The Labute approximate surface area is 942 Å². The van der Waals surface area contributed by atoms with Crippen molar-refractivity contribution < 1.29 is 140 Å². The average Bonchev–Trinajstić information content (AvgIpc) is 1.69. The van der Waals surface area contributed by atoms with E-state index >= 15 is 0 Å². The molecule has 148 heavy (non-hydrogen) atoms. The van der Waals surface area contributed by atoms with Crippen LogP contribution in [-0.4, -0.2) is 137 Å². The Morgan fingerprint density at radius 1 is 0.270 bits per heavy atom. The number of rotatable bonds is 13. The van der Waals surface area contributed by atoms with Gasteiger partial charge in [-0.3, -0.25) is 39.4 Å². The number of ketones is 1. The van der Waals surface area contributed by atoms with Gasteiger partial charge in [-0.2, -0.15) is 88.1 Å². The Morgan fingerprint density at radius 3 is 0.804 bits per heavy atom. The molecule has 0 amide bonds. The van der Waals surface area contributed by atoms with E-state index in [-0.39, 0.29) is 132 Å². The number of aliphatic hydroxyl groups excluding tert-OH is 1. The maximum atomic E-state index is 11.2. The Hall–Kier alpha value is -15.4. The number of aromatic nitrogens is 28. The van der Waals surface area contributed by atoms with E-state index in [4.69, 9.17) is 0 Å². The summed E-state index contributed by atoms with van der Waals surface area (Å²) in [6.45, 7) is 2.96. The van der Waals surface area contributed by atoms with E-state index < -0.39 is 0 Å². The number of pyridine rings is 2. The quantitative estimate of drug-likeness (QED) is 0.0485. The molecule has 0 unspecified atom stereocenters. The molecule has 13 heterocycles. The number of Topliss-reactive ketones (excluding diaryl/α,β-unsaturated/α-hetero) is 1. The fraction of sp³-hybridized carbons (Fsp3) is 0.0893. The van der Waals surface area contributed by atoms with Gasteiger partial charge in [0.25, 0.3) is 0 Å². The van der Waals surface area contributed by atoms with Gasteiger partial charge >= 0.3 is 0 Å². The van der Waals surface area contributed by atoms with Crippen molar-refractivity contribution in [2.75, 3.05) is 0 Å². The minimum absolute atomic E-state index is 0. The fourth-order valence-corrected chi connectivity index (χ4v) is 12.9. The zero-order valence-electron chi connectivity index (χ0n) is 81.8. The number of benzene rings is 10. The average molecular weight is 3020 g/mol. The second kappa shape index (κ2) is 67.3. The molecule has 0 aliphatic heterocycles. The summed E-state index contributed by atoms with van der Waals surface area (Å²) in [6.07, 6.45) is 46.1. The van der Waals surface area contributed by atoms with Crippen LogP contribution in [0.5, 0.6) is 0 Å². The standard InChI is InChI=1S/C11H12O2.6C10H9N2.C9H9N3.C8H8N4.3C8H6N3.6Ir/c1-8(12)11(9(2)13)10-6-4-3-5-7-10;6*1-12-8-7-11-10(12)9-5-3-2-4-6-9;1-11-8-7-10-12(11)9-5-3-2-4-6-9;1-11-7-6-10-12(11)8-2-4-9-5-3-8;1-4-10-11(7-1)8-2-5-9-6-3-8;2*1-2-4-8(5-3-1)11-7-9-6-10-11;;;;;;/h3-7,12H,1-2H3;7*2-5,7-8H,1H3;2,4-7H,1H3;1-2,4-7H;2*1-4,6-7H;;;;;;/q;6*-1;;;3*-1;;;;;;. The molecular formula is C112H101Ir6N28O2-9. The Balaban J connectivity index is 0.000000246. The molecule has 0 saturated heterocycles. The third kappa shape index (κ3) is 38.9. The molecule has 6 radical (unpaired) electrons. The molecule has 1 N–H and O–H groups in total. The predicted molar refractivity (Wildman–Crippen MR) is 543 cm³/mol. The number of carbonyl (C=O) groups is 1. The van der Waals surface area contributed by atoms with Gasteiger partial charge in [0.2, 0.25) is 0 Å². The van der Waals surface area contributed by atoms with Gasteiger partial charge in [0.05, 0.1) is 67.0 Å². The summed E-state index contributed by atoms with van der Waals surface area (Å²) >= 11 is 0. The van der Waals surface area contributed by atoms with Crippen molar-refractivity contribution in [3.8, 4) is 96.8 Å². The van der Waals surface area contributed by atoms with Crippen LogP contribution in [0.4, 0.5) is 0 Å². The minimum Gasteiger partial charge on any atom is -0.512 e. The number of aliphatic hydroxyl groups is 1. The number of aryl methyl sites for hydroxylation is 8. The molecule has 30 nitrogen and oxygen atoms in total. The molecule has 0 bridgehead atoms. The molecule has 764 valence electrons. The number of imidazole rings is 6. The van der Waals surface area contributed by atoms with Crippen LogP contribution < -0.4 is 9.59 Å². The third-order valence-electron chi connectivity index (χ3n) is 19.7. The predicted octanol–water partition coefficient (Wildman–Crippen LogP) is 17.5. The van der Waals surface area contributed by atoms with Crippen LogP contribution in [0.2, 0.25) is 0 Å². The molecule has 0 aliphatic carbocycles. The van der Waals surface area contributed by atoms with E-state index in [0.29, 0.717) is 5.57 Å². The molecule has 0 saturated carbocycles. The molecule has 23 aromatic rings. The van der Waals surface area contributed by atoms with Crippen LogP contribution >= 0.6 is 0 Å². The van der Waals surface area contributed by atoms with Gasteiger partial charge in [-0.05, 0) is 43.0 Å². The topological polar surface area (TPSA) is 293 Å². The van der Waals surface area contributed by atoms with Gasteiger partial charge in [0.1, 0.15) is 49.1 Å². The molecule has 0 fully saturated rings. The summed E-state index contributed by atoms with van der Waals surface area (Å²) in [4.78, 5) is 55.4. The molecular weight excluding hydrogens is 2920 g/mol. The van der Waals surface area contributed by atoms with E-state index in [1.165, 1.54) is 26.5 Å². The second-order valence-corrected chi connectivity index (χ2v) is 29.9. The first-order chi connectivity index (χ1) is 69.5. The Kier molecular flexibility index (Phi) is 55.2. The number of hydrogen-bond donors (Lipinski definition) is 1. The zero-order chi connectivity index (χ0) is 99.5. The fourth-order valence-electron chi connectivity index (χ4n) is 12.9. The van der Waals surface area contributed by atoms with E-state index in [2.05, 4.69) is 142 Å². The van der Waals surface area contributed by atoms with Gasteiger partial charge in [-0.25, -0.2) is 25.4 Å². The van der Waals surface area contributed by atoms with Gasteiger partial charge in [0, 0.05) is 269 Å². The first kappa shape index (κ1) is 121. The largest absolute Gasteiger partial charge is 0.512 e. The molecule has 36 heteroatoms. The van der Waals surface area contributed by atoms with Gasteiger partial charge in [0.15, 0.2) is 11.5 Å². The van der Waals surface area contributed by atoms with Crippen LogP contribution in [0.25, 0.3) is 102 Å². The number of hydrogen-bond acceptors (Lipinski definition) is 17. The van der Waals surface area contributed by atoms with Crippen molar-refractivity contribution in [1.82, 2.24) is 126 Å². The SMILES string of the molecule is CC(=O)C(=C(C)O)c1ccccc1.Cn1ccn[n+]1-c1[c-]cccc1.Cn1ccn[n+]1-c1[c-]cncc1.Cn1ccnc1-c1[c-]cccc1.Cn1ccnc1-c1[c-]cccc1.Cn1ccnc1-c1[c-]cccc1.Cn1ccnc1-c1[c-]cccc1.Cn1ccnc1-c1[c-]cccc1.Cn1ccnc1-c1[c-]cccc1.[Ir].[Ir].[Ir].[Ir].[Ir].[Ir].[c-]1ccccc1-n1cncn1.[c-]1ccccc1-n1cncn1.[c-]1cnccc1-n1cccn1. The maximum Gasteiger partial charge on any atom is 0.163 e. The number of nitrogens with zero attached hydrogens (tertiary/aromatic N) is 28. The molecule has 0 aliphatic rings. The normalized spacial score (nSPS) is 9.80. The first-order valence-corrected chi connectivity index (χ1v) is 44.2. The molecule has 0 atom stereocenters. The number of para-hydroxylation sites is 3. The van der Waals surface area contributed by atoms with Crippen LogP contribution in [0.3, 0.4) is 0 Å². The van der Waals surface area contributed by atoms with Crippen molar-refractivity contribution in [3.63, 3.8) is 0 Å². The summed E-state index contributed by atoms with van der Waals surface area (Å²) in [5.74, 6) is 5.67. The van der Waals surface area contributed by atoms with Crippen LogP contribution in [0.1, 0.15) is 19.4 Å².